The zero-order valence-corrected chi connectivity index (χ0v) is 11.7. The lowest BCUT2D eigenvalue weighted by atomic mass is 9.96. The second-order valence-electron chi connectivity index (χ2n) is 5.42. The minimum absolute atomic E-state index is 0.0724. The van der Waals surface area contributed by atoms with Gasteiger partial charge in [0.15, 0.2) is 0 Å². The molecule has 1 aromatic carbocycles. The summed E-state index contributed by atoms with van der Waals surface area (Å²) in [5.74, 6) is 0.880. The van der Waals surface area contributed by atoms with Crippen molar-refractivity contribution < 1.29 is 14.4 Å². The van der Waals surface area contributed by atoms with Crippen LogP contribution in [0.15, 0.2) is 18.2 Å². The van der Waals surface area contributed by atoms with Crippen LogP contribution >= 0.6 is 0 Å². The van der Waals surface area contributed by atoms with Gasteiger partial charge < -0.3 is 15.4 Å². The molecule has 0 saturated carbocycles. The van der Waals surface area contributed by atoms with Crippen LogP contribution in [0, 0.1) is 12.8 Å². The number of benzene rings is 1. The highest BCUT2D eigenvalue weighted by Gasteiger charge is 2.26. The molecule has 1 heterocycles. The summed E-state index contributed by atoms with van der Waals surface area (Å²) in [6.07, 6.45) is 1.80. The third kappa shape index (κ3) is 3.47. The Labute approximate surface area is 114 Å². The Hall–Kier alpha value is -1.55. The molecule has 0 radical (unpaired) electrons. The van der Waals surface area contributed by atoms with Crippen molar-refractivity contribution in [1.29, 1.82) is 0 Å². The number of amides is 1. The fraction of sp³-hybridized carbons (Fsp3) is 0.533. The first-order valence-corrected chi connectivity index (χ1v) is 6.86. The molecule has 1 saturated heterocycles. The normalized spacial score (nSPS) is 23.1. The van der Waals surface area contributed by atoms with Gasteiger partial charge in [-0.25, -0.2) is 0 Å². The molecule has 4 nitrogen and oxygen atoms in total. The molecule has 1 aliphatic heterocycles. The van der Waals surface area contributed by atoms with Crippen LogP contribution in [0.1, 0.15) is 24.0 Å². The van der Waals surface area contributed by atoms with Gasteiger partial charge in [-0.15, -0.1) is 0 Å². The first kappa shape index (κ1) is 13.9. The molecule has 0 aromatic heterocycles. The maximum absolute atomic E-state index is 11.2. The lowest BCUT2D eigenvalue weighted by Gasteiger charge is -2.28. The topological polar surface area (TPSA) is 56.8 Å². The lowest BCUT2D eigenvalue weighted by molar-refractivity contribution is -0.919. The van der Waals surface area contributed by atoms with E-state index in [0.29, 0.717) is 0 Å². The first-order chi connectivity index (χ1) is 9.10. The van der Waals surface area contributed by atoms with E-state index in [4.69, 9.17) is 10.5 Å². The van der Waals surface area contributed by atoms with Gasteiger partial charge in [0, 0.05) is 24.3 Å². The molecule has 19 heavy (non-hydrogen) atoms. The lowest BCUT2D eigenvalue weighted by Crippen LogP contribution is -3.11. The number of likely N-dealkylation sites (tertiary alicyclic amines) is 1. The smallest absolute Gasteiger partial charge is 0.220 e. The number of quaternary nitrogens is 1. The van der Waals surface area contributed by atoms with Gasteiger partial charge in [-0.3, -0.25) is 4.79 Å². The summed E-state index contributed by atoms with van der Waals surface area (Å²) >= 11 is 0. The molecule has 4 heteroatoms. The number of ether oxygens (including phenoxy) is 1. The van der Waals surface area contributed by atoms with Crippen LogP contribution in [0.3, 0.4) is 0 Å². The van der Waals surface area contributed by atoms with E-state index >= 15 is 0 Å². The van der Waals surface area contributed by atoms with Gasteiger partial charge in [0.2, 0.25) is 5.91 Å². The molecule has 0 unspecified atom stereocenters. The fourth-order valence-corrected chi connectivity index (χ4v) is 2.80. The number of nitrogens with one attached hydrogen (secondary N) is 1. The molecule has 0 bridgehead atoms. The first-order valence-electron chi connectivity index (χ1n) is 6.86. The average molecular weight is 263 g/mol. The molecule has 1 fully saturated rings. The minimum atomic E-state index is -0.146. The van der Waals surface area contributed by atoms with E-state index in [1.165, 1.54) is 16.0 Å². The monoisotopic (exact) mass is 263 g/mol. The van der Waals surface area contributed by atoms with Gasteiger partial charge in [-0.2, -0.15) is 0 Å². The van der Waals surface area contributed by atoms with E-state index < -0.39 is 0 Å². The van der Waals surface area contributed by atoms with Crippen molar-refractivity contribution >= 4 is 5.91 Å². The predicted octanol–water partition coefficient (Wildman–Crippen LogP) is 0.284. The molecule has 1 amide bonds. The van der Waals surface area contributed by atoms with Gasteiger partial charge in [0.25, 0.3) is 0 Å². The molecular weight excluding hydrogens is 240 g/mol. The molecule has 3 N–H and O–H groups in total. The van der Waals surface area contributed by atoms with Crippen LogP contribution in [0.4, 0.5) is 0 Å². The Bertz CT molecular complexity index is 451. The molecule has 0 aliphatic carbocycles. The van der Waals surface area contributed by atoms with Gasteiger partial charge in [-0.05, 0) is 19.1 Å². The molecular formula is C15H23N2O2+. The summed E-state index contributed by atoms with van der Waals surface area (Å²) < 4.78 is 5.41. The number of rotatable bonds is 4. The quantitative estimate of drug-likeness (QED) is 0.820. The summed E-state index contributed by atoms with van der Waals surface area (Å²) in [4.78, 5) is 12.7. The van der Waals surface area contributed by atoms with Gasteiger partial charge in [0.1, 0.15) is 12.3 Å². The SMILES string of the molecule is COc1ccc(C)cc1C[NH+]1CCC(C(N)=O)CC1. The van der Waals surface area contributed by atoms with Gasteiger partial charge in [0.05, 0.1) is 20.2 Å². The standard InChI is InChI=1S/C15H22N2O2/c1-11-3-4-14(19-2)13(9-11)10-17-7-5-12(6-8-17)15(16)18/h3-4,9,12H,5-8,10H2,1-2H3,(H2,16,18)/p+1. The maximum Gasteiger partial charge on any atom is 0.220 e. The van der Waals surface area contributed by atoms with E-state index in [9.17, 15) is 4.79 Å². The summed E-state index contributed by atoms with van der Waals surface area (Å²) in [6.45, 7) is 5.06. The number of carbonyl (C=O) groups excluding carboxylic acids is 1. The van der Waals surface area contributed by atoms with E-state index in [1.54, 1.807) is 7.11 Å². The maximum atomic E-state index is 11.2. The Morgan fingerprint density at radius 1 is 1.42 bits per heavy atom. The zero-order chi connectivity index (χ0) is 13.8. The minimum Gasteiger partial charge on any atom is -0.496 e. The van der Waals surface area contributed by atoms with Crippen LogP contribution in [-0.4, -0.2) is 26.1 Å². The van der Waals surface area contributed by atoms with Crippen molar-refractivity contribution in [1.82, 2.24) is 0 Å². The second kappa shape index (κ2) is 6.06. The van der Waals surface area contributed by atoms with Crippen molar-refractivity contribution in [3.63, 3.8) is 0 Å². The number of piperidine rings is 1. The fourth-order valence-electron chi connectivity index (χ4n) is 2.80. The Morgan fingerprint density at radius 3 is 2.68 bits per heavy atom. The number of aryl methyl sites for hydroxylation is 1. The van der Waals surface area contributed by atoms with Gasteiger partial charge >= 0.3 is 0 Å². The number of hydrogen-bond acceptors (Lipinski definition) is 2. The summed E-state index contributed by atoms with van der Waals surface area (Å²) in [6, 6.07) is 6.28. The number of methoxy groups -OCH3 is 1. The number of carbonyl (C=O) groups is 1. The van der Waals surface area contributed by atoms with E-state index in [-0.39, 0.29) is 11.8 Å². The average Bonchev–Trinajstić information content (AvgIpc) is 2.39. The van der Waals surface area contributed by atoms with Crippen molar-refractivity contribution in [2.24, 2.45) is 11.7 Å². The van der Waals surface area contributed by atoms with Crippen LogP contribution < -0.4 is 15.4 Å². The number of hydrogen-bond donors (Lipinski definition) is 2. The highest BCUT2D eigenvalue weighted by Crippen LogP contribution is 2.19. The Morgan fingerprint density at radius 2 is 2.11 bits per heavy atom. The molecule has 2 rings (SSSR count). The van der Waals surface area contributed by atoms with Crippen molar-refractivity contribution in [2.75, 3.05) is 20.2 Å². The largest absolute Gasteiger partial charge is 0.496 e. The van der Waals surface area contributed by atoms with Crippen LogP contribution in [-0.2, 0) is 11.3 Å². The predicted molar refractivity (Wildman–Crippen MR) is 74.1 cm³/mol. The van der Waals surface area contributed by atoms with Crippen molar-refractivity contribution in [3.05, 3.63) is 29.3 Å². The van der Waals surface area contributed by atoms with Gasteiger partial charge in [-0.1, -0.05) is 11.6 Å². The zero-order valence-electron chi connectivity index (χ0n) is 11.7. The molecule has 1 aromatic rings. The van der Waals surface area contributed by atoms with Crippen LogP contribution in [0.2, 0.25) is 0 Å². The second-order valence-corrected chi connectivity index (χ2v) is 5.42. The number of primary amides is 1. The third-order valence-electron chi connectivity index (χ3n) is 3.97. The van der Waals surface area contributed by atoms with E-state index in [1.807, 2.05) is 6.07 Å². The van der Waals surface area contributed by atoms with E-state index in [2.05, 4.69) is 19.1 Å². The van der Waals surface area contributed by atoms with Crippen molar-refractivity contribution in [3.8, 4) is 5.75 Å². The highest BCUT2D eigenvalue weighted by molar-refractivity contribution is 5.76. The van der Waals surface area contributed by atoms with Crippen molar-refractivity contribution in [2.45, 2.75) is 26.3 Å². The third-order valence-corrected chi connectivity index (χ3v) is 3.97. The Kier molecular flexibility index (Phi) is 4.43. The summed E-state index contributed by atoms with van der Waals surface area (Å²) in [5, 5.41) is 0. The molecule has 1 aliphatic rings. The molecule has 0 spiro atoms. The number of nitrogens with two attached hydrogens (primary N) is 1. The summed E-state index contributed by atoms with van der Waals surface area (Å²) in [5.41, 5.74) is 7.86. The van der Waals surface area contributed by atoms with E-state index in [0.717, 1.165) is 38.2 Å². The van der Waals surface area contributed by atoms with Crippen LogP contribution in [0.25, 0.3) is 0 Å². The van der Waals surface area contributed by atoms with Crippen LogP contribution in [0.5, 0.6) is 5.75 Å². The molecule has 0 atom stereocenters. The Balaban J connectivity index is 1.99. The summed E-state index contributed by atoms with van der Waals surface area (Å²) in [7, 11) is 1.71. The highest BCUT2D eigenvalue weighted by atomic mass is 16.5. The molecule has 104 valence electrons.